The quantitative estimate of drug-likeness (QED) is 0.904. The van der Waals surface area contributed by atoms with Crippen molar-refractivity contribution in [1.29, 1.82) is 5.26 Å². The summed E-state index contributed by atoms with van der Waals surface area (Å²) in [6, 6.07) is 13.5. The van der Waals surface area contributed by atoms with Crippen LogP contribution in [0.3, 0.4) is 0 Å². The average molecular weight is 254 g/mol. The maximum atomic E-state index is 10.8. The maximum Gasteiger partial charge on any atom is 0.354 e. The van der Waals surface area contributed by atoms with Crippen LogP contribution in [0, 0.1) is 11.3 Å². The normalized spacial score (nSPS) is 9.63. The Labute approximate surface area is 109 Å². The van der Waals surface area contributed by atoms with Crippen LogP contribution in [-0.2, 0) is 6.61 Å². The Morgan fingerprint density at radius 1 is 1.26 bits per heavy atom. The lowest BCUT2D eigenvalue weighted by atomic mass is 10.2. The highest BCUT2D eigenvalue weighted by Gasteiger charge is 2.06. The van der Waals surface area contributed by atoms with Gasteiger partial charge in [0.15, 0.2) is 0 Å². The predicted octanol–water partition coefficient (Wildman–Crippen LogP) is 2.23. The van der Waals surface area contributed by atoms with E-state index in [4.69, 9.17) is 15.1 Å². The summed E-state index contributed by atoms with van der Waals surface area (Å²) < 4.78 is 5.47. The van der Waals surface area contributed by atoms with Gasteiger partial charge in [-0.05, 0) is 24.3 Å². The standard InChI is InChI=1S/C14H10N2O3/c15-8-10-4-1-2-7-13(10)19-9-11-5-3-6-12(16-11)14(17)18/h1-7H,9H2,(H,17,18). The average Bonchev–Trinajstić information content (AvgIpc) is 2.45. The molecule has 1 aromatic carbocycles. The maximum absolute atomic E-state index is 10.8. The third-order valence-electron chi connectivity index (χ3n) is 2.41. The first-order chi connectivity index (χ1) is 9.20. The summed E-state index contributed by atoms with van der Waals surface area (Å²) in [6.45, 7) is 0.111. The lowest BCUT2D eigenvalue weighted by molar-refractivity contribution is 0.0690. The van der Waals surface area contributed by atoms with Crippen molar-refractivity contribution < 1.29 is 14.6 Å². The lowest BCUT2D eigenvalue weighted by Gasteiger charge is -2.07. The third kappa shape index (κ3) is 3.07. The van der Waals surface area contributed by atoms with Crippen LogP contribution in [0.1, 0.15) is 21.7 Å². The Kier molecular flexibility index (Phi) is 3.74. The molecule has 0 saturated heterocycles. The minimum Gasteiger partial charge on any atom is -0.486 e. The second-order valence-corrected chi connectivity index (χ2v) is 3.72. The number of para-hydroxylation sites is 1. The Morgan fingerprint density at radius 2 is 2.05 bits per heavy atom. The summed E-state index contributed by atoms with van der Waals surface area (Å²) in [4.78, 5) is 14.7. The molecule has 5 heteroatoms. The van der Waals surface area contributed by atoms with Gasteiger partial charge < -0.3 is 9.84 Å². The van der Waals surface area contributed by atoms with Gasteiger partial charge in [0.2, 0.25) is 0 Å². The van der Waals surface area contributed by atoms with Gasteiger partial charge in [-0.15, -0.1) is 0 Å². The lowest BCUT2D eigenvalue weighted by Crippen LogP contribution is -2.05. The van der Waals surface area contributed by atoms with Crippen molar-refractivity contribution in [2.45, 2.75) is 6.61 Å². The van der Waals surface area contributed by atoms with Gasteiger partial charge in [-0.2, -0.15) is 5.26 Å². The van der Waals surface area contributed by atoms with E-state index in [1.54, 1.807) is 36.4 Å². The second kappa shape index (κ2) is 5.65. The summed E-state index contributed by atoms with van der Waals surface area (Å²) in [7, 11) is 0. The fraction of sp³-hybridized carbons (Fsp3) is 0.0714. The first-order valence-electron chi connectivity index (χ1n) is 5.52. The number of pyridine rings is 1. The Bertz CT molecular complexity index is 647. The molecule has 0 radical (unpaired) electrons. The molecule has 0 atom stereocenters. The van der Waals surface area contributed by atoms with Crippen LogP contribution in [0.2, 0.25) is 0 Å². The van der Waals surface area contributed by atoms with Crippen LogP contribution in [0.15, 0.2) is 42.5 Å². The van der Waals surface area contributed by atoms with E-state index in [2.05, 4.69) is 4.98 Å². The number of rotatable bonds is 4. The molecule has 1 N–H and O–H groups in total. The SMILES string of the molecule is N#Cc1ccccc1OCc1cccc(C(=O)O)n1. The smallest absolute Gasteiger partial charge is 0.354 e. The van der Waals surface area contributed by atoms with E-state index in [1.807, 2.05) is 6.07 Å². The van der Waals surface area contributed by atoms with E-state index in [9.17, 15) is 4.79 Å². The molecular formula is C14H10N2O3. The van der Waals surface area contributed by atoms with Crippen molar-refractivity contribution in [2.75, 3.05) is 0 Å². The first-order valence-corrected chi connectivity index (χ1v) is 5.52. The summed E-state index contributed by atoms with van der Waals surface area (Å²) in [6.07, 6.45) is 0. The molecule has 0 saturated carbocycles. The minimum atomic E-state index is -1.08. The van der Waals surface area contributed by atoms with Crippen LogP contribution in [0.5, 0.6) is 5.75 Å². The van der Waals surface area contributed by atoms with Crippen LogP contribution >= 0.6 is 0 Å². The molecule has 2 aromatic rings. The van der Waals surface area contributed by atoms with E-state index >= 15 is 0 Å². The highest BCUT2D eigenvalue weighted by Crippen LogP contribution is 2.17. The predicted molar refractivity (Wildman–Crippen MR) is 66.7 cm³/mol. The molecule has 0 bridgehead atoms. The number of hydrogen-bond acceptors (Lipinski definition) is 4. The largest absolute Gasteiger partial charge is 0.486 e. The van der Waals surface area contributed by atoms with E-state index < -0.39 is 5.97 Å². The highest BCUT2D eigenvalue weighted by atomic mass is 16.5. The molecule has 2 rings (SSSR count). The van der Waals surface area contributed by atoms with Crippen molar-refractivity contribution in [3.8, 4) is 11.8 Å². The number of benzene rings is 1. The second-order valence-electron chi connectivity index (χ2n) is 3.72. The van der Waals surface area contributed by atoms with Gasteiger partial charge >= 0.3 is 5.97 Å². The van der Waals surface area contributed by atoms with Crippen LogP contribution in [0.4, 0.5) is 0 Å². The van der Waals surface area contributed by atoms with E-state index in [1.165, 1.54) is 6.07 Å². The van der Waals surface area contributed by atoms with Gasteiger partial charge in [-0.25, -0.2) is 9.78 Å². The molecule has 1 aromatic heterocycles. The Morgan fingerprint density at radius 3 is 2.79 bits per heavy atom. The molecule has 94 valence electrons. The number of nitriles is 1. The third-order valence-corrected chi connectivity index (χ3v) is 2.41. The molecular weight excluding hydrogens is 244 g/mol. The van der Waals surface area contributed by atoms with Gasteiger partial charge in [-0.1, -0.05) is 18.2 Å². The minimum absolute atomic E-state index is 0.0327. The summed E-state index contributed by atoms with van der Waals surface area (Å²) in [5, 5.41) is 17.7. The van der Waals surface area contributed by atoms with Crippen molar-refractivity contribution in [3.63, 3.8) is 0 Å². The molecule has 19 heavy (non-hydrogen) atoms. The van der Waals surface area contributed by atoms with Gasteiger partial charge in [-0.3, -0.25) is 0 Å². The van der Waals surface area contributed by atoms with Crippen molar-refractivity contribution in [2.24, 2.45) is 0 Å². The number of carboxylic acids is 1. The van der Waals surface area contributed by atoms with Gasteiger partial charge in [0.05, 0.1) is 11.3 Å². The number of ether oxygens (including phenoxy) is 1. The van der Waals surface area contributed by atoms with Gasteiger partial charge in [0, 0.05) is 0 Å². The topological polar surface area (TPSA) is 83.2 Å². The molecule has 5 nitrogen and oxygen atoms in total. The van der Waals surface area contributed by atoms with Crippen molar-refractivity contribution in [3.05, 3.63) is 59.4 Å². The molecule has 0 amide bonds. The Hall–Kier alpha value is -2.87. The highest BCUT2D eigenvalue weighted by molar-refractivity contribution is 5.85. The summed E-state index contributed by atoms with van der Waals surface area (Å²) in [5.41, 5.74) is 0.888. The molecule has 0 aliphatic heterocycles. The monoisotopic (exact) mass is 254 g/mol. The molecule has 0 unspecified atom stereocenters. The van der Waals surface area contributed by atoms with E-state index in [0.717, 1.165) is 0 Å². The number of hydrogen-bond donors (Lipinski definition) is 1. The number of carbonyl (C=O) groups is 1. The van der Waals surface area contributed by atoms with Crippen molar-refractivity contribution >= 4 is 5.97 Å². The van der Waals surface area contributed by atoms with E-state index in [-0.39, 0.29) is 12.3 Å². The van der Waals surface area contributed by atoms with Crippen LogP contribution in [-0.4, -0.2) is 16.1 Å². The summed E-state index contributed by atoms with van der Waals surface area (Å²) >= 11 is 0. The van der Waals surface area contributed by atoms with E-state index in [0.29, 0.717) is 17.0 Å². The molecule has 0 aliphatic rings. The zero-order valence-electron chi connectivity index (χ0n) is 9.91. The number of aromatic carboxylic acids is 1. The molecule has 0 spiro atoms. The molecule has 0 aliphatic carbocycles. The number of aromatic nitrogens is 1. The number of carboxylic acid groups (broad SMARTS) is 1. The molecule has 1 heterocycles. The van der Waals surface area contributed by atoms with Crippen LogP contribution in [0.25, 0.3) is 0 Å². The number of nitrogens with zero attached hydrogens (tertiary/aromatic N) is 2. The fourth-order valence-corrected chi connectivity index (χ4v) is 1.52. The first kappa shape index (κ1) is 12.6. The zero-order valence-corrected chi connectivity index (χ0v) is 9.91. The van der Waals surface area contributed by atoms with Gasteiger partial charge in [0.25, 0.3) is 0 Å². The fourth-order valence-electron chi connectivity index (χ4n) is 1.52. The van der Waals surface area contributed by atoms with Gasteiger partial charge in [0.1, 0.15) is 24.1 Å². The zero-order chi connectivity index (χ0) is 13.7. The molecule has 0 fully saturated rings. The Balaban J connectivity index is 2.13. The van der Waals surface area contributed by atoms with Crippen molar-refractivity contribution in [1.82, 2.24) is 4.98 Å². The van der Waals surface area contributed by atoms with Crippen LogP contribution < -0.4 is 4.74 Å². The summed E-state index contributed by atoms with van der Waals surface area (Å²) in [5.74, 6) is -0.633.